The molecule has 3 atom stereocenters. The first-order valence-corrected chi connectivity index (χ1v) is 9.72. The molecule has 0 saturated heterocycles. The van der Waals surface area contributed by atoms with Crippen molar-refractivity contribution in [2.24, 2.45) is 11.5 Å². The molecule has 0 aromatic carbocycles. The van der Waals surface area contributed by atoms with Crippen LogP contribution in [-0.4, -0.2) is 82.5 Å². The maximum atomic E-state index is 12.3. The molecular formula is C15H25N5O8S. The summed E-state index contributed by atoms with van der Waals surface area (Å²) in [7, 11) is 0. The van der Waals surface area contributed by atoms with E-state index in [1.54, 1.807) is 6.26 Å². The molecule has 0 aromatic rings. The van der Waals surface area contributed by atoms with Crippen molar-refractivity contribution in [1.82, 2.24) is 16.0 Å². The predicted molar refractivity (Wildman–Crippen MR) is 102 cm³/mol. The molecule has 0 aromatic heterocycles. The van der Waals surface area contributed by atoms with Crippen LogP contribution in [0.2, 0.25) is 0 Å². The lowest BCUT2D eigenvalue weighted by Crippen LogP contribution is -2.54. The van der Waals surface area contributed by atoms with Crippen LogP contribution in [0.3, 0.4) is 0 Å². The third-order valence-electron chi connectivity index (χ3n) is 3.44. The molecular weight excluding hydrogens is 410 g/mol. The minimum absolute atomic E-state index is 0.180. The minimum atomic E-state index is -1.54. The number of carboxylic acids is 2. The molecule has 0 saturated carbocycles. The zero-order chi connectivity index (χ0) is 22.6. The minimum Gasteiger partial charge on any atom is -0.481 e. The van der Waals surface area contributed by atoms with E-state index in [9.17, 15) is 28.8 Å². The molecule has 9 N–H and O–H groups in total. The molecule has 0 bridgehead atoms. The molecule has 0 heterocycles. The normalized spacial score (nSPS) is 13.4. The van der Waals surface area contributed by atoms with E-state index in [1.807, 2.05) is 5.32 Å². The largest absolute Gasteiger partial charge is 0.481 e. The molecule has 0 fully saturated rings. The third kappa shape index (κ3) is 11.5. The Hall–Kier alpha value is -2.87. The van der Waals surface area contributed by atoms with Crippen molar-refractivity contribution >= 4 is 47.3 Å². The third-order valence-corrected chi connectivity index (χ3v) is 4.08. The number of carbonyl (C=O) groups is 6. The number of thioether (sulfide) groups is 1. The summed E-state index contributed by atoms with van der Waals surface area (Å²) < 4.78 is 0. The van der Waals surface area contributed by atoms with Gasteiger partial charge in [-0.1, -0.05) is 0 Å². The van der Waals surface area contributed by atoms with E-state index in [-0.39, 0.29) is 6.42 Å². The van der Waals surface area contributed by atoms with Crippen molar-refractivity contribution in [3.63, 3.8) is 0 Å². The number of nitrogens with one attached hydrogen (secondary N) is 3. The summed E-state index contributed by atoms with van der Waals surface area (Å²) in [6.45, 7) is -0.617. The molecule has 29 heavy (non-hydrogen) atoms. The van der Waals surface area contributed by atoms with Gasteiger partial charge in [-0.15, -0.1) is 0 Å². The first-order chi connectivity index (χ1) is 13.5. The molecule has 0 radical (unpaired) electrons. The fourth-order valence-electron chi connectivity index (χ4n) is 2.00. The van der Waals surface area contributed by atoms with Crippen LogP contribution in [0.4, 0.5) is 0 Å². The Bertz CT molecular complexity index is 644. The van der Waals surface area contributed by atoms with Gasteiger partial charge in [-0.25, -0.2) is 4.79 Å². The lowest BCUT2D eigenvalue weighted by atomic mass is 10.1. The van der Waals surface area contributed by atoms with Crippen LogP contribution >= 0.6 is 11.8 Å². The molecule has 4 amide bonds. The highest BCUT2D eigenvalue weighted by molar-refractivity contribution is 7.98. The Morgan fingerprint density at radius 2 is 1.59 bits per heavy atom. The second kappa shape index (κ2) is 13.3. The Morgan fingerprint density at radius 3 is 2.07 bits per heavy atom. The number of nitrogens with two attached hydrogens (primary N) is 2. The summed E-state index contributed by atoms with van der Waals surface area (Å²) in [5.41, 5.74) is 10.4. The maximum Gasteiger partial charge on any atom is 0.326 e. The summed E-state index contributed by atoms with van der Waals surface area (Å²) in [5, 5.41) is 24.2. The van der Waals surface area contributed by atoms with E-state index in [1.165, 1.54) is 11.8 Å². The van der Waals surface area contributed by atoms with Crippen LogP contribution < -0.4 is 27.4 Å². The standard InChI is InChI=1S/C15H25N5O8S/c1-29-3-2-8(20-13(25)7(16)4-12(23)24)14(26)18-6-11(22)19-9(15(27)28)5-10(17)21/h7-9H,2-6,16H2,1H3,(H2,17,21)(H,18,26)(H,19,22)(H,20,25)(H,23,24)(H,27,28). The van der Waals surface area contributed by atoms with Gasteiger partial charge in [-0.2, -0.15) is 11.8 Å². The number of carbonyl (C=O) groups excluding carboxylic acids is 4. The Labute approximate surface area is 170 Å². The van der Waals surface area contributed by atoms with Gasteiger partial charge in [0.2, 0.25) is 23.6 Å². The van der Waals surface area contributed by atoms with Gasteiger partial charge in [0.05, 0.1) is 25.4 Å². The van der Waals surface area contributed by atoms with E-state index in [0.717, 1.165) is 0 Å². The average Bonchev–Trinajstić information content (AvgIpc) is 2.61. The molecule has 14 heteroatoms. The topological polar surface area (TPSA) is 231 Å². The Balaban J connectivity index is 4.82. The van der Waals surface area contributed by atoms with Crippen LogP contribution in [0.25, 0.3) is 0 Å². The summed E-state index contributed by atoms with van der Waals surface area (Å²) in [6, 6.07) is -3.98. The summed E-state index contributed by atoms with van der Waals surface area (Å²) in [4.78, 5) is 68.5. The average molecular weight is 435 g/mol. The molecule has 0 spiro atoms. The van der Waals surface area contributed by atoms with Crippen molar-refractivity contribution in [3.8, 4) is 0 Å². The molecule has 0 rings (SSSR count). The van der Waals surface area contributed by atoms with Crippen molar-refractivity contribution in [2.75, 3.05) is 18.6 Å². The van der Waals surface area contributed by atoms with Gasteiger partial charge in [-0.05, 0) is 18.4 Å². The van der Waals surface area contributed by atoms with E-state index in [0.29, 0.717) is 5.75 Å². The Kier molecular flexibility index (Phi) is 12.0. The van der Waals surface area contributed by atoms with Gasteiger partial charge >= 0.3 is 11.9 Å². The lowest BCUT2D eigenvalue weighted by molar-refractivity contribution is -0.143. The first-order valence-electron chi connectivity index (χ1n) is 8.32. The molecule has 164 valence electrons. The number of aliphatic carboxylic acids is 2. The zero-order valence-electron chi connectivity index (χ0n) is 15.7. The van der Waals surface area contributed by atoms with Gasteiger partial charge in [-0.3, -0.25) is 24.0 Å². The number of carboxylic acid groups (broad SMARTS) is 2. The van der Waals surface area contributed by atoms with Crippen molar-refractivity contribution in [1.29, 1.82) is 0 Å². The molecule has 0 aliphatic heterocycles. The lowest BCUT2D eigenvalue weighted by Gasteiger charge is -2.20. The second-order valence-electron chi connectivity index (χ2n) is 5.89. The maximum absolute atomic E-state index is 12.3. The summed E-state index contributed by atoms with van der Waals surface area (Å²) >= 11 is 1.39. The number of hydrogen-bond acceptors (Lipinski definition) is 8. The predicted octanol–water partition coefficient (Wildman–Crippen LogP) is -3.41. The molecule has 13 nitrogen and oxygen atoms in total. The van der Waals surface area contributed by atoms with Crippen LogP contribution in [-0.2, 0) is 28.8 Å². The van der Waals surface area contributed by atoms with Crippen LogP contribution in [0.1, 0.15) is 19.3 Å². The van der Waals surface area contributed by atoms with E-state index in [2.05, 4.69) is 10.6 Å². The zero-order valence-corrected chi connectivity index (χ0v) is 16.5. The smallest absolute Gasteiger partial charge is 0.326 e. The van der Waals surface area contributed by atoms with Gasteiger partial charge < -0.3 is 37.6 Å². The molecule has 0 aliphatic rings. The fourth-order valence-corrected chi connectivity index (χ4v) is 2.47. The van der Waals surface area contributed by atoms with Gasteiger partial charge in [0.15, 0.2) is 0 Å². The molecule has 0 aliphatic carbocycles. The van der Waals surface area contributed by atoms with E-state index >= 15 is 0 Å². The van der Waals surface area contributed by atoms with Crippen LogP contribution in [0, 0.1) is 0 Å². The number of primary amides is 1. The van der Waals surface area contributed by atoms with Crippen LogP contribution in [0.5, 0.6) is 0 Å². The van der Waals surface area contributed by atoms with Gasteiger partial charge in [0, 0.05) is 0 Å². The molecule has 3 unspecified atom stereocenters. The first kappa shape index (κ1) is 26.1. The fraction of sp³-hybridized carbons (Fsp3) is 0.600. The quantitative estimate of drug-likeness (QED) is 0.143. The highest BCUT2D eigenvalue weighted by Crippen LogP contribution is 2.02. The summed E-state index contributed by atoms with van der Waals surface area (Å²) in [6.07, 6.45) is 0.704. The number of rotatable bonds is 14. The van der Waals surface area contributed by atoms with Gasteiger partial charge in [0.25, 0.3) is 0 Å². The highest BCUT2D eigenvalue weighted by atomic mass is 32.2. The monoisotopic (exact) mass is 435 g/mol. The second-order valence-corrected chi connectivity index (χ2v) is 6.88. The number of amides is 4. The van der Waals surface area contributed by atoms with E-state index in [4.69, 9.17) is 21.7 Å². The SMILES string of the molecule is CSCCC(NC(=O)C(N)CC(=O)O)C(=O)NCC(=O)NC(CC(N)=O)C(=O)O. The number of hydrogen-bond donors (Lipinski definition) is 7. The summed E-state index contributed by atoms with van der Waals surface area (Å²) in [5.74, 6) is -5.68. The Morgan fingerprint density at radius 1 is 0.966 bits per heavy atom. The highest BCUT2D eigenvalue weighted by Gasteiger charge is 2.26. The van der Waals surface area contributed by atoms with Crippen molar-refractivity contribution < 1.29 is 39.0 Å². The van der Waals surface area contributed by atoms with Gasteiger partial charge in [0.1, 0.15) is 12.1 Å². The van der Waals surface area contributed by atoms with E-state index < -0.39 is 73.1 Å². The van der Waals surface area contributed by atoms with Crippen molar-refractivity contribution in [2.45, 2.75) is 37.4 Å². The van der Waals surface area contributed by atoms with Crippen molar-refractivity contribution in [3.05, 3.63) is 0 Å². The van der Waals surface area contributed by atoms with Crippen LogP contribution in [0.15, 0.2) is 0 Å².